The van der Waals surface area contributed by atoms with E-state index in [0.717, 1.165) is 12.1 Å². The van der Waals surface area contributed by atoms with Crippen LogP contribution in [0.5, 0.6) is 0 Å². The zero-order valence-corrected chi connectivity index (χ0v) is 9.69. The Labute approximate surface area is 101 Å². The fourth-order valence-electron chi connectivity index (χ4n) is 1.93. The summed E-state index contributed by atoms with van der Waals surface area (Å²) in [7, 11) is 0. The maximum absolute atomic E-state index is 13.3. The minimum absolute atomic E-state index is 0.184. The average Bonchev–Trinajstić information content (AvgIpc) is 3.13. The molecule has 0 aromatic heterocycles. The molecule has 0 bridgehead atoms. The summed E-state index contributed by atoms with van der Waals surface area (Å²) >= 11 is 0. The molecule has 1 aromatic rings. The Balaban J connectivity index is 2.01. The summed E-state index contributed by atoms with van der Waals surface area (Å²) in [6.45, 7) is 1.46. The maximum atomic E-state index is 13.3. The van der Waals surface area contributed by atoms with Crippen LogP contribution in [-0.2, 0) is 6.54 Å². The number of benzene rings is 1. The molecule has 90 valence electrons. The van der Waals surface area contributed by atoms with E-state index in [9.17, 15) is 4.39 Å². The number of rotatable bonds is 5. The van der Waals surface area contributed by atoms with E-state index in [1.807, 2.05) is 6.07 Å². The molecule has 3 nitrogen and oxygen atoms in total. The number of nitrogens with zero attached hydrogens (tertiary/aromatic N) is 2. The molecule has 1 aliphatic carbocycles. The fourth-order valence-corrected chi connectivity index (χ4v) is 1.93. The minimum Gasteiger partial charge on any atom is -0.396 e. The molecule has 2 N–H and O–H groups in total. The number of hydrogen-bond acceptors (Lipinski definition) is 3. The topological polar surface area (TPSA) is 53.0 Å². The van der Waals surface area contributed by atoms with Crippen molar-refractivity contribution >= 4 is 5.69 Å². The second-order valence-electron chi connectivity index (χ2n) is 4.47. The molecule has 0 atom stereocenters. The minimum atomic E-state index is -0.362. The molecule has 17 heavy (non-hydrogen) atoms. The van der Waals surface area contributed by atoms with E-state index in [4.69, 9.17) is 11.0 Å². The summed E-state index contributed by atoms with van der Waals surface area (Å²) in [5.74, 6) is -0.362. The molecule has 2 rings (SSSR count). The molecule has 1 saturated carbocycles. The van der Waals surface area contributed by atoms with Crippen molar-refractivity contribution in [2.45, 2.75) is 31.8 Å². The Hall–Kier alpha value is -1.60. The van der Waals surface area contributed by atoms with Crippen molar-refractivity contribution in [1.29, 1.82) is 5.26 Å². The zero-order chi connectivity index (χ0) is 12.3. The lowest BCUT2D eigenvalue weighted by Gasteiger charge is -2.20. The van der Waals surface area contributed by atoms with Gasteiger partial charge in [-0.25, -0.2) is 4.39 Å². The lowest BCUT2D eigenvalue weighted by molar-refractivity contribution is 0.260. The van der Waals surface area contributed by atoms with Gasteiger partial charge in [-0.3, -0.25) is 4.90 Å². The molecule has 1 aromatic carbocycles. The van der Waals surface area contributed by atoms with Crippen LogP contribution in [0, 0.1) is 17.1 Å². The van der Waals surface area contributed by atoms with Crippen LogP contribution >= 0.6 is 0 Å². The first kappa shape index (κ1) is 11.9. The normalized spacial score (nSPS) is 14.9. The maximum Gasteiger partial charge on any atom is 0.146 e. The fraction of sp³-hybridized carbons (Fsp3) is 0.462. The molecule has 4 heteroatoms. The Bertz CT molecular complexity index is 435. The Kier molecular flexibility index (Phi) is 3.60. The predicted molar refractivity (Wildman–Crippen MR) is 64.5 cm³/mol. The van der Waals surface area contributed by atoms with Crippen LogP contribution in [0.25, 0.3) is 0 Å². The Morgan fingerprint density at radius 3 is 2.82 bits per heavy atom. The molecule has 0 heterocycles. The van der Waals surface area contributed by atoms with Crippen molar-refractivity contribution in [3.05, 3.63) is 29.6 Å². The molecular weight excluding hydrogens is 217 g/mol. The number of nitriles is 1. The monoisotopic (exact) mass is 233 g/mol. The van der Waals surface area contributed by atoms with Crippen LogP contribution in [0.15, 0.2) is 18.2 Å². The van der Waals surface area contributed by atoms with Crippen LogP contribution in [-0.4, -0.2) is 17.5 Å². The smallest absolute Gasteiger partial charge is 0.146 e. The predicted octanol–water partition coefficient (Wildman–Crippen LogP) is 2.29. The standard InChI is InChI=1S/C13H16FN3/c14-12-8-10(2-5-13(12)16)9-17(7-1-6-15)11-3-4-11/h2,5,8,11H,1,3-4,7,9,16H2. The van der Waals surface area contributed by atoms with E-state index < -0.39 is 0 Å². The third-order valence-electron chi connectivity index (χ3n) is 3.02. The number of nitrogens with two attached hydrogens (primary N) is 1. The van der Waals surface area contributed by atoms with Gasteiger partial charge in [0, 0.05) is 25.6 Å². The number of hydrogen-bond donors (Lipinski definition) is 1. The molecule has 0 aliphatic heterocycles. The Morgan fingerprint density at radius 1 is 1.47 bits per heavy atom. The van der Waals surface area contributed by atoms with E-state index in [2.05, 4.69) is 11.0 Å². The Morgan fingerprint density at radius 2 is 2.24 bits per heavy atom. The molecule has 0 unspecified atom stereocenters. The number of anilines is 1. The first-order valence-corrected chi connectivity index (χ1v) is 5.85. The molecular formula is C13H16FN3. The van der Waals surface area contributed by atoms with Gasteiger partial charge in [0.15, 0.2) is 0 Å². The first-order chi connectivity index (χ1) is 8.20. The SMILES string of the molecule is N#CCCN(Cc1ccc(N)c(F)c1)C1CC1. The van der Waals surface area contributed by atoms with Gasteiger partial charge in [0.25, 0.3) is 0 Å². The van der Waals surface area contributed by atoms with Crippen molar-refractivity contribution in [3.63, 3.8) is 0 Å². The van der Waals surface area contributed by atoms with Gasteiger partial charge in [-0.05, 0) is 30.5 Å². The molecule has 0 amide bonds. The van der Waals surface area contributed by atoms with Crippen molar-refractivity contribution in [2.24, 2.45) is 0 Å². The van der Waals surface area contributed by atoms with Crippen molar-refractivity contribution in [1.82, 2.24) is 4.90 Å². The van der Waals surface area contributed by atoms with E-state index in [1.165, 1.54) is 18.9 Å². The van der Waals surface area contributed by atoms with Crippen LogP contribution < -0.4 is 5.73 Å². The second-order valence-corrected chi connectivity index (χ2v) is 4.47. The van der Waals surface area contributed by atoms with E-state index in [0.29, 0.717) is 19.0 Å². The highest BCUT2D eigenvalue weighted by Gasteiger charge is 2.28. The van der Waals surface area contributed by atoms with Crippen molar-refractivity contribution in [3.8, 4) is 6.07 Å². The molecule has 0 saturated heterocycles. The summed E-state index contributed by atoms with van der Waals surface area (Å²) in [6, 6.07) is 7.65. The van der Waals surface area contributed by atoms with Gasteiger partial charge in [0.2, 0.25) is 0 Å². The van der Waals surface area contributed by atoms with Crippen LogP contribution in [0.4, 0.5) is 10.1 Å². The lowest BCUT2D eigenvalue weighted by Crippen LogP contribution is -2.26. The van der Waals surface area contributed by atoms with Gasteiger partial charge in [0.05, 0.1) is 11.8 Å². The summed E-state index contributed by atoms with van der Waals surface area (Å²) in [5.41, 5.74) is 6.54. The zero-order valence-electron chi connectivity index (χ0n) is 9.69. The van der Waals surface area contributed by atoms with Crippen LogP contribution in [0.2, 0.25) is 0 Å². The lowest BCUT2D eigenvalue weighted by atomic mass is 10.2. The third-order valence-corrected chi connectivity index (χ3v) is 3.02. The van der Waals surface area contributed by atoms with Gasteiger partial charge in [-0.1, -0.05) is 6.07 Å². The number of halogens is 1. The highest BCUT2D eigenvalue weighted by Crippen LogP contribution is 2.28. The molecule has 0 radical (unpaired) electrons. The summed E-state index contributed by atoms with van der Waals surface area (Å²) in [4.78, 5) is 2.24. The molecule has 0 spiro atoms. The largest absolute Gasteiger partial charge is 0.396 e. The van der Waals surface area contributed by atoms with Crippen LogP contribution in [0.3, 0.4) is 0 Å². The highest BCUT2D eigenvalue weighted by molar-refractivity contribution is 5.41. The highest BCUT2D eigenvalue weighted by atomic mass is 19.1. The quantitative estimate of drug-likeness (QED) is 0.794. The molecule has 1 fully saturated rings. The van der Waals surface area contributed by atoms with Gasteiger partial charge < -0.3 is 5.73 Å². The van der Waals surface area contributed by atoms with Crippen molar-refractivity contribution < 1.29 is 4.39 Å². The van der Waals surface area contributed by atoms with Gasteiger partial charge >= 0.3 is 0 Å². The summed E-state index contributed by atoms with van der Waals surface area (Å²) in [6.07, 6.45) is 2.89. The van der Waals surface area contributed by atoms with Gasteiger partial charge in [-0.15, -0.1) is 0 Å². The summed E-state index contributed by atoms with van der Waals surface area (Å²) in [5, 5.41) is 8.61. The first-order valence-electron chi connectivity index (χ1n) is 5.85. The van der Waals surface area contributed by atoms with Gasteiger partial charge in [-0.2, -0.15) is 5.26 Å². The van der Waals surface area contributed by atoms with E-state index in [-0.39, 0.29) is 11.5 Å². The third kappa shape index (κ3) is 3.18. The molecule has 1 aliphatic rings. The van der Waals surface area contributed by atoms with E-state index in [1.54, 1.807) is 6.07 Å². The summed E-state index contributed by atoms with van der Waals surface area (Å²) < 4.78 is 13.3. The van der Waals surface area contributed by atoms with Crippen molar-refractivity contribution in [2.75, 3.05) is 12.3 Å². The average molecular weight is 233 g/mol. The van der Waals surface area contributed by atoms with Crippen LogP contribution in [0.1, 0.15) is 24.8 Å². The van der Waals surface area contributed by atoms with E-state index >= 15 is 0 Å². The number of nitrogen functional groups attached to an aromatic ring is 1. The second kappa shape index (κ2) is 5.15. The van der Waals surface area contributed by atoms with Gasteiger partial charge in [0.1, 0.15) is 5.82 Å².